The van der Waals surface area contributed by atoms with Crippen LogP contribution in [-0.2, 0) is 124 Å². The lowest BCUT2D eigenvalue weighted by Crippen LogP contribution is -2.82. The normalized spacial score (nSPS) is 29.7. The van der Waals surface area contributed by atoms with Gasteiger partial charge in [0.05, 0.1) is 71.8 Å². The highest BCUT2D eigenvalue weighted by atomic mass is 16.7. The van der Waals surface area contributed by atoms with Gasteiger partial charge < -0.3 is 112 Å². The number of alkyl carbamates (subject to hydrolysis) is 2. The van der Waals surface area contributed by atoms with Crippen LogP contribution in [0.3, 0.4) is 0 Å². The molecule has 6 fully saturated rings. The first-order chi connectivity index (χ1) is 66.1. The predicted molar refractivity (Wildman–Crippen MR) is 501 cm³/mol. The zero-order valence-electron chi connectivity index (χ0n) is 83.5. The highest BCUT2D eigenvalue weighted by molar-refractivity contribution is 5.97. The molecule has 6 aliphatic carbocycles. The number of ether oxygens (including phenoxy) is 16. The fourth-order valence-electron chi connectivity index (χ4n) is 21.7. The number of nitrogens with one attached hydrogen (secondary N) is 2. The topological polar surface area (TPSA) is 478 Å². The first kappa shape index (κ1) is 108. The monoisotopic (exact) mass is 1960 g/mol. The standard InChI is InChI=1S/C65H77NO19.C41H57NO14/c1-39(2)31-46(66-58(71)85-61(5,6)7)51(79-38-75-34-42-23-15-11-16-24-42)57(70)80-47-33-65(74)55(83-56(69)45-29-21-14-22-30-45)53-63(10,54(68)52(50(40(47)3)62(65,8)9)82-60(73)77-36-44-27-19-13-20-28-44)48(32-49-64(53,37-78-49)84-41(4)67)81-59(72)76-35-43-25-17-12-18-26-43;1-20(2)16-24(42-36(50)56-37(5,6)7)29(45)35(49)53-25-18-41(51)33(54-34(48)23-14-12-11-13-15-23)31-39(10,32(47)30(46)28(21(25)3)38(41,8)9)26(44)17-27-40(31,19-52-27)55-22(4)43/h11-30,39,46-49,51-53,55,74H,31-38H2,1-10H3,(H,66,71);11-15,20,24-27,29-31,33,44-46,51H,16-19H2,1-10H3,(H,42,50)/t46-,47-,48-,49+,51?,52+,53-,55-,63+,64-,65+;24-,25-,26-,27+,29?,30+,31-,33-,39+,40-,41+/m00/s1. The van der Waals surface area contributed by atoms with Gasteiger partial charge in [0.25, 0.3) is 0 Å². The molecule has 8 aliphatic rings. The van der Waals surface area contributed by atoms with Gasteiger partial charge in [-0.1, -0.05) is 183 Å². The second-order valence-electron chi connectivity index (χ2n) is 42.2. The molecule has 35 heteroatoms. The van der Waals surface area contributed by atoms with Crippen molar-refractivity contribution in [2.24, 2.45) is 45.3 Å². The van der Waals surface area contributed by atoms with Crippen LogP contribution in [0.25, 0.3) is 0 Å². The molecule has 0 radical (unpaired) electrons. The Morgan fingerprint density at radius 1 is 0.482 bits per heavy atom. The predicted octanol–water partition coefficient (Wildman–Crippen LogP) is 12.8. The summed E-state index contributed by atoms with van der Waals surface area (Å²) < 4.78 is 96.8. The summed E-state index contributed by atoms with van der Waals surface area (Å²) in [5.74, 6) is -11.1. The Morgan fingerprint density at radius 3 is 1.30 bits per heavy atom. The van der Waals surface area contributed by atoms with Crippen molar-refractivity contribution in [3.8, 4) is 0 Å². The Labute approximate surface area is 820 Å². The Kier molecular flexibility index (Phi) is 33.0. The fourth-order valence-corrected chi connectivity index (χ4v) is 21.7. The summed E-state index contributed by atoms with van der Waals surface area (Å²) in [4.78, 5) is 171. The summed E-state index contributed by atoms with van der Waals surface area (Å²) in [6.07, 6.45) is -25.3. The van der Waals surface area contributed by atoms with Crippen LogP contribution in [0.2, 0.25) is 0 Å². The zero-order valence-corrected chi connectivity index (χ0v) is 83.5. The van der Waals surface area contributed by atoms with Crippen LogP contribution >= 0.6 is 0 Å². The summed E-state index contributed by atoms with van der Waals surface area (Å²) in [7, 11) is 0. The first-order valence-corrected chi connectivity index (χ1v) is 47.6. The number of rotatable bonds is 29. The minimum Gasteiger partial charge on any atom is -0.456 e. The minimum absolute atomic E-state index is 0.0197. The Balaban J connectivity index is 0.000000275. The van der Waals surface area contributed by atoms with Crippen LogP contribution in [0, 0.1) is 45.3 Å². The minimum atomic E-state index is -2.55. The van der Waals surface area contributed by atoms with Crippen LogP contribution in [0.5, 0.6) is 0 Å². The molecule has 0 aromatic heterocycles. The number of carbonyl (C=O) groups is 12. The van der Waals surface area contributed by atoms with Crippen molar-refractivity contribution in [1.82, 2.24) is 10.6 Å². The maximum Gasteiger partial charge on any atom is 0.509 e. The maximum atomic E-state index is 16.8. The smallest absolute Gasteiger partial charge is 0.456 e. The molecule has 35 nitrogen and oxygen atoms in total. The summed E-state index contributed by atoms with van der Waals surface area (Å²) >= 11 is 0. The molecule has 5 aromatic rings. The largest absolute Gasteiger partial charge is 0.509 e. The van der Waals surface area contributed by atoms with Crippen molar-refractivity contribution in [2.45, 2.75) is 316 Å². The van der Waals surface area contributed by atoms with Crippen molar-refractivity contribution in [3.05, 3.63) is 202 Å². The lowest BCUT2D eigenvalue weighted by atomic mass is 9.44. The molecule has 7 N–H and O–H groups in total. The summed E-state index contributed by atoms with van der Waals surface area (Å²) in [6, 6.07) is 40.0. The zero-order chi connectivity index (χ0) is 103. The van der Waals surface area contributed by atoms with Crippen LogP contribution in [0.4, 0.5) is 19.2 Å². The number of Topliss-reactive ketones (excluding diaryl/α,β-unsaturated/α-hetero) is 2. The quantitative estimate of drug-likeness (QED) is 0.00768. The van der Waals surface area contributed by atoms with Gasteiger partial charge in [0.1, 0.15) is 91.2 Å². The molecule has 4 bridgehead atoms. The molecular formula is C106H134N2O33. The highest BCUT2D eigenvalue weighted by Gasteiger charge is 2.81. The SMILES string of the molecule is CC(=O)O[C@@]12CO[C@@H]1C[C@H](O)[C@@]1(C)C(=O)[C@H](O)C3=C(C)[C@@H](OC(=O)C(O)[C@H](CC(C)C)NC(=O)OC(C)(C)C)C[C@@](O)([C@@H](OC(=O)c4ccccc4)[C@H]21)C3(C)C.CC(=O)O[C@@]12CO[C@@H]1C[C@H](OC(=O)OCc1ccccc1)[C@@]1(C)C(=O)[C@H](OC(=O)OCc3ccccc3)C3=C(C)[C@@H](OC(=O)C(OCOCc4ccccc4)[C@H](CC(C)C)NC(=O)OC(C)(C)C)C[C@@](O)([C@@H](OC(=O)c4ccccc4)[C@H]21)C3(C)C. The van der Waals surface area contributed by atoms with Gasteiger partial charge in [0.2, 0.25) is 0 Å². The van der Waals surface area contributed by atoms with Crippen LogP contribution in [0.1, 0.15) is 214 Å². The van der Waals surface area contributed by atoms with E-state index >= 15 is 9.59 Å². The lowest BCUT2D eigenvalue weighted by molar-refractivity contribution is -0.346. The highest BCUT2D eigenvalue weighted by Crippen LogP contribution is 2.67. The number of aliphatic hydroxyl groups is 5. The van der Waals surface area contributed by atoms with Crippen molar-refractivity contribution >= 4 is 71.9 Å². The molecule has 2 saturated heterocycles. The second kappa shape index (κ2) is 42.9. The van der Waals surface area contributed by atoms with Gasteiger partial charge in [-0.25, -0.2) is 38.4 Å². The molecule has 2 aliphatic heterocycles. The number of benzene rings is 5. The molecule has 22 atom stereocenters. The van der Waals surface area contributed by atoms with Gasteiger partial charge in [-0.15, -0.1) is 0 Å². The fraction of sp³-hybridized carbons (Fsp3) is 0.566. The average molecular weight is 1960 g/mol. The van der Waals surface area contributed by atoms with E-state index in [9.17, 15) is 73.5 Å². The van der Waals surface area contributed by atoms with E-state index < -0.39 is 251 Å². The molecule has 5 aromatic carbocycles. The van der Waals surface area contributed by atoms with E-state index in [0.29, 0.717) is 11.1 Å². The van der Waals surface area contributed by atoms with Crippen molar-refractivity contribution in [2.75, 3.05) is 20.0 Å². The van der Waals surface area contributed by atoms with Crippen molar-refractivity contribution in [1.29, 1.82) is 0 Å². The summed E-state index contributed by atoms with van der Waals surface area (Å²) in [6.45, 7) is 30.2. The van der Waals surface area contributed by atoms with Gasteiger partial charge in [-0.05, 0) is 157 Å². The van der Waals surface area contributed by atoms with Crippen LogP contribution < -0.4 is 10.6 Å². The van der Waals surface area contributed by atoms with E-state index in [-0.39, 0.29) is 97.4 Å². The molecule has 141 heavy (non-hydrogen) atoms. The number of hydrogen-bond acceptors (Lipinski definition) is 33. The van der Waals surface area contributed by atoms with E-state index in [4.69, 9.17) is 75.8 Å². The molecule has 0 spiro atoms. The molecule has 4 saturated carbocycles. The van der Waals surface area contributed by atoms with E-state index in [2.05, 4.69) is 10.6 Å². The molecule has 2 amide bonds. The summed E-state index contributed by atoms with van der Waals surface area (Å²) in [5, 5.41) is 68.5. The third kappa shape index (κ3) is 22.6. The number of esters is 6. The van der Waals surface area contributed by atoms with Gasteiger partial charge >= 0.3 is 60.3 Å². The lowest BCUT2D eigenvalue weighted by Gasteiger charge is -2.67. The molecular weight excluding hydrogens is 1830 g/mol. The average Bonchev–Trinajstić information content (AvgIpc) is 0.670. The number of carbonyl (C=O) groups excluding carboxylic acids is 12. The third-order valence-electron chi connectivity index (χ3n) is 28.7. The van der Waals surface area contributed by atoms with E-state index in [1.54, 1.807) is 166 Å². The van der Waals surface area contributed by atoms with Gasteiger partial charge in [-0.2, -0.15) is 0 Å². The van der Waals surface area contributed by atoms with Gasteiger partial charge in [0.15, 0.2) is 41.1 Å². The number of amides is 2. The number of aliphatic hydroxyl groups excluding tert-OH is 3. The Hall–Kier alpha value is -11.5. The molecule has 766 valence electrons. The third-order valence-corrected chi connectivity index (χ3v) is 28.7. The maximum absolute atomic E-state index is 16.8. The molecule has 2 heterocycles. The van der Waals surface area contributed by atoms with Crippen molar-refractivity contribution < 1.29 is 159 Å². The second-order valence-corrected chi connectivity index (χ2v) is 42.2. The van der Waals surface area contributed by atoms with Gasteiger partial charge in [0, 0.05) is 50.4 Å². The van der Waals surface area contributed by atoms with E-state index in [1.165, 1.54) is 52.0 Å². The van der Waals surface area contributed by atoms with Gasteiger partial charge in [-0.3, -0.25) is 19.2 Å². The van der Waals surface area contributed by atoms with E-state index in [1.807, 2.05) is 58.0 Å². The van der Waals surface area contributed by atoms with Crippen molar-refractivity contribution in [3.63, 3.8) is 0 Å². The number of hydrogen-bond donors (Lipinski definition) is 7. The van der Waals surface area contributed by atoms with E-state index in [0.717, 1.165) is 19.4 Å². The number of fused-ring (bicyclic) bond motifs is 10. The first-order valence-electron chi connectivity index (χ1n) is 47.6. The molecule has 13 rings (SSSR count). The Morgan fingerprint density at radius 2 is 0.872 bits per heavy atom. The Bertz CT molecular complexity index is 5440. The summed E-state index contributed by atoms with van der Waals surface area (Å²) in [5.41, 5.74) is -15.8. The number of ketones is 2. The van der Waals surface area contributed by atoms with Crippen LogP contribution in [-0.4, -0.2) is 236 Å². The van der Waals surface area contributed by atoms with Crippen LogP contribution in [0.15, 0.2) is 174 Å². The molecule has 2 unspecified atom stereocenters.